The summed E-state index contributed by atoms with van der Waals surface area (Å²) in [6, 6.07) is 24.0. The summed E-state index contributed by atoms with van der Waals surface area (Å²) in [7, 11) is 0. The summed E-state index contributed by atoms with van der Waals surface area (Å²) in [4.78, 5) is 7.42. The van der Waals surface area contributed by atoms with Crippen molar-refractivity contribution in [2.45, 2.75) is 45.6 Å². The van der Waals surface area contributed by atoms with E-state index in [1.807, 2.05) is 6.20 Å². The molecule has 4 aromatic rings. The summed E-state index contributed by atoms with van der Waals surface area (Å²) in [5.41, 5.74) is 6.92. The molecule has 3 heterocycles. The summed E-state index contributed by atoms with van der Waals surface area (Å²) in [5.74, 6) is 1.82. The Labute approximate surface area is 197 Å². The quantitative estimate of drug-likeness (QED) is 0.340. The summed E-state index contributed by atoms with van der Waals surface area (Å²) in [6.45, 7) is 7.62. The van der Waals surface area contributed by atoms with Gasteiger partial charge in [0.15, 0.2) is 5.82 Å². The van der Waals surface area contributed by atoms with Crippen LogP contribution in [0.25, 0.3) is 10.9 Å². The van der Waals surface area contributed by atoms with Crippen LogP contribution in [0.3, 0.4) is 0 Å². The van der Waals surface area contributed by atoms with E-state index in [1.165, 1.54) is 46.1 Å². The predicted octanol–water partition coefficient (Wildman–Crippen LogP) is 6.70. The zero-order valence-electron chi connectivity index (χ0n) is 19.0. The summed E-state index contributed by atoms with van der Waals surface area (Å²) in [5, 5.41) is 1.35. The fourth-order valence-electron chi connectivity index (χ4n) is 5.12. The highest BCUT2D eigenvalue weighted by atomic mass is 35.5. The highest BCUT2D eigenvalue weighted by molar-refractivity contribution is 5.93. The van der Waals surface area contributed by atoms with Gasteiger partial charge in [0.05, 0.1) is 5.52 Å². The van der Waals surface area contributed by atoms with Gasteiger partial charge in [-0.3, -0.25) is 0 Å². The average Bonchev–Trinajstić information content (AvgIpc) is 3.09. The van der Waals surface area contributed by atoms with Gasteiger partial charge in [-0.25, -0.2) is 4.98 Å². The molecule has 0 unspecified atom stereocenters. The Hall–Kier alpha value is -2.78. The lowest BCUT2D eigenvalue weighted by Gasteiger charge is -2.33. The van der Waals surface area contributed by atoms with Gasteiger partial charge in [-0.2, -0.15) is 0 Å². The molecular formula is C28H32ClN3. The third-order valence-electron chi connectivity index (χ3n) is 7.06. The van der Waals surface area contributed by atoms with Crippen molar-refractivity contribution in [1.29, 1.82) is 0 Å². The van der Waals surface area contributed by atoms with Crippen molar-refractivity contribution in [1.82, 2.24) is 9.55 Å². The van der Waals surface area contributed by atoms with Gasteiger partial charge in [0.25, 0.3) is 0 Å². The first kappa shape index (κ1) is 22.4. The standard InChI is InChI=1S/C28H31N3.ClH/c1-21-22(2)31(20-14-23-9-5-3-6-10-23)27-26(21)13-17-29-28(27)30-18-15-25(16-19-30)24-11-7-4-8-12-24;/h3-13,17,25H,14-16,18-20H2,1-2H3;1H. The molecule has 4 heteroatoms. The molecule has 0 saturated carbocycles. The van der Waals surface area contributed by atoms with E-state index in [0.29, 0.717) is 5.92 Å². The van der Waals surface area contributed by atoms with E-state index in [-0.39, 0.29) is 12.4 Å². The van der Waals surface area contributed by atoms with E-state index in [2.05, 4.69) is 90.0 Å². The maximum Gasteiger partial charge on any atom is 0.153 e. The lowest BCUT2D eigenvalue weighted by atomic mass is 9.89. The monoisotopic (exact) mass is 445 g/mol. The summed E-state index contributed by atoms with van der Waals surface area (Å²) in [6.07, 6.45) is 5.40. The molecule has 3 nitrogen and oxygen atoms in total. The van der Waals surface area contributed by atoms with Crippen molar-refractivity contribution < 1.29 is 0 Å². The minimum absolute atomic E-state index is 0. The molecule has 0 radical (unpaired) electrons. The smallest absolute Gasteiger partial charge is 0.153 e. The van der Waals surface area contributed by atoms with Crippen LogP contribution in [0, 0.1) is 13.8 Å². The third kappa shape index (κ3) is 4.27. The molecular weight excluding hydrogens is 414 g/mol. The molecule has 5 rings (SSSR count). The van der Waals surface area contributed by atoms with E-state index in [0.717, 1.165) is 31.9 Å². The van der Waals surface area contributed by atoms with Crippen LogP contribution in [0.5, 0.6) is 0 Å². The summed E-state index contributed by atoms with van der Waals surface area (Å²) >= 11 is 0. The number of anilines is 1. The van der Waals surface area contributed by atoms with Gasteiger partial charge in [-0.05, 0) is 61.8 Å². The molecule has 0 spiro atoms. The van der Waals surface area contributed by atoms with Crippen LogP contribution in [-0.4, -0.2) is 22.6 Å². The van der Waals surface area contributed by atoms with Crippen molar-refractivity contribution >= 4 is 29.1 Å². The van der Waals surface area contributed by atoms with Crippen LogP contribution >= 0.6 is 12.4 Å². The summed E-state index contributed by atoms with van der Waals surface area (Å²) < 4.78 is 2.50. The van der Waals surface area contributed by atoms with Crippen LogP contribution in [0.15, 0.2) is 72.9 Å². The van der Waals surface area contributed by atoms with E-state index < -0.39 is 0 Å². The SMILES string of the molecule is Cc1c(C)n(CCc2ccccc2)c2c(N3CCC(c4ccccc4)CC3)nccc12.Cl. The van der Waals surface area contributed by atoms with Crippen LogP contribution in [0.4, 0.5) is 5.82 Å². The largest absolute Gasteiger partial charge is 0.355 e. The van der Waals surface area contributed by atoms with Crippen molar-refractivity contribution in [3.8, 4) is 0 Å². The Morgan fingerprint density at radius 2 is 1.53 bits per heavy atom. The first-order valence-electron chi connectivity index (χ1n) is 11.5. The first-order chi connectivity index (χ1) is 15.2. The fourth-order valence-corrected chi connectivity index (χ4v) is 5.12. The van der Waals surface area contributed by atoms with Crippen LogP contribution in [-0.2, 0) is 13.0 Å². The average molecular weight is 446 g/mol. The number of hydrogen-bond donors (Lipinski definition) is 0. The zero-order valence-corrected chi connectivity index (χ0v) is 19.8. The molecule has 0 atom stereocenters. The van der Waals surface area contributed by atoms with Gasteiger partial charge in [0.1, 0.15) is 0 Å². The molecule has 1 fully saturated rings. The molecule has 0 aliphatic carbocycles. The molecule has 0 bridgehead atoms. The zero-order chi connectivity index (χ0) is 21.2. The first-order valence-corrected chi connectivity index (χ1v) is 11.5. The Morgan fingerprint density at radius 1 is 0.875 bits per heavy atom. The minimum atomic E-state index is 0. The molecule has 2 aromatic heterocycles. The predicted molar refractivity (Wildman–Crippen MR) is 137 cm³/mol. The highest BCUT2D eigenvalue weighted by Crippen LogP contribution is 2.35. The number of hydrogen-bond acceptors (Lipinski definition) is 2. The van der Waals surface area contributed by atoms with E-state index in [1.54, 1.807) is 0 Å². The molecule has 1 aliphatic rings. The minimum Gasteiger partial charge on any atom is -0.355 e. The lowest BCUT2D eigenvalue weighted by Crippen LogP contribution is -2.33. The molecule has 0 N–H and O–H groups in total. The topological polar surface area (TPSA) is 21.1 Å². The van der Waals surface area contributed by atoms with Gasteiger partial charge in [0.2, 0.25) is 0 Å². The van der Waals surface area contributed by atoms with E-state index in [4.69, 9.17) is 4.98 Å². The Morgan fingerprint density at radius 3 is 2.22 bits per heavy atom. The number of aromatic nitrogens is 2. The van der Waals surface area contributed by atoms with Crippen molar-refractivity contribution in [3.63, 3.8) is 0 Å². The number of fused-ring (bicyclic) bond motifs is 1. The maximum atomic E-state index is 4.90. The van der Waals surface area contributed by atoms with Gasteiger partial charge >= 0.3 is 0 Å². The van der Waals surface area contributed by atoms with Gasteiger partial charge in [-0.1, -0.05) is 60.7 Å². The van der Waals surface area contributed by atoms with Gasteiger partial charge in [0, 0.05) is 36.9 Å². The van der Waals surface area contributed by atoms with Crippen LogP contribution in [0.1, 0.15) is 41.1 Å². The van der Waals surface area contributed by atoms with Crippen LogP contribution in [0.2, 0.25) is 0 Å². The number of nitrogens with zero attached hydrogens (tertiary/aromatic N) is 3. The van der Waals surface area contributed by atoms with Gasteiger partial charge < -0.3 is 9.47 Å². The van der Waals surface area contributed by atoms with E-state index >= 15 is 0 Å². The van der Waals surface area contributed by atoms with Crippen LogP contribution < -0.4 is 4.90 Å². The number of piperidine rings is 1. The molecule has 166 valence electrons. The highest BCUT2D eigenvalue weighted by Gasteiger charge is 2.24. The van der Waals surface area contributed by atoms with Crippen molar-refractivity contribution in [2.24, 2.45) is 0 Å². The lowest BCUT2D eigenvalue weighted by molar-refractivity contribution is 0.503. The maximum absolute atomic E-state index is 4.90. The Kier molecular flexibility index (Phi) is 6.86. The van der Waals surface area contributed by atoms with Crippen molar-refractivity contribution in [2.75, 3.05) is 18.0 Å². The normalized spacial score (nSPS) is 14.5. The van der Waals surface area contributed by atoms with Crippen molar-refractivity contribution in [3.05, 3.63) is 95.3 Å². The number of pyridine rings is 1. The second-order valence-electron chi connectivity index (χ2n) is 8.80. The third-order valence-corrected chi connectivity index (χ3v) is 7.06. The molecule has 2 aromatic carbocycles. The number of halogens is 1. The number of rotatable bonds is 5. The second kappa shape index (κ2) is 9.79. The fraction of sp³-hybridized carbons (Fsp3) is 0.321. The molecule has 1 aliphatic heterocycles. The number of benzene rings is 2. The molecule has 32 heavy (non-hydrogen) atoms. The number of aryl methyl sites for hydroxylation is 3. The van der Waals surface area contributed by atoms with E-state index in [9.17, 15) is 0 Å². The second-order valence-corrected chi connectivity index (χ2v) is 8.80. The Balaban J connectivity index is 0.00000245. The molecule has 1 saturated heterocycles. The Bertz CT molecular complexity index is 1160. The van der Waals surface area contributed by atoms with Gasteiger partial charge in [-0.15, -0.1) is 12.4 Å². The molecule has 0 amide bonds.